The van der Waals surface area contributed by atoms with Crippen molar-refractivity contribution in [2.45, 2.75) is 19.8 Å². The highest BCUT2D eigenvalue weighted by atomic mass is 19.2. The highest BCUT2D eigenvalue weighted by molar-refractivity contribution is 5.93. The lowest BCUT2D eigenvalue weighted by molar-refractivity contribution is -0.118. The van der Waals surface area contributed by atoms with Crippen molar-refractivity contribution in [3.05, 3.63) is 65.7 Å². The number of hydrogen-bond donors (Lipinski definition) is 0. The molecule has 0 aliphatic heterocycles. The average molecular weight is 289 g/mol. The average Bonchev–Trinajstić information content (AvgIpc) is 2.50. The number of carbonyl (C=O) groups excluding carboxylic acids is 1. The monoisotopic (exact) mass is 289 g/mol. The van der Waals surface area contributed by atoms with Gasteiger partial charge in [-0.25, -0.2) is 8.78 Å². The molecular weight excluding hydrogens is 272 g/mol. The number of aryl methyl sites for hydroxylation is 1. The third-order valence-corrected chi connectivity index (χ3v) is 3.30. The number of amides is 1. The normalized spacial score (nSPS) is 10.4. The lowest BCUT2D eigenvalue weighted by Crippen LogP contribution is -2.30. The molecule has 0 aromatic heterocycles. The maximum Gasteiger partial charge on any atom is 0.227 e. The Bertz CT molecular complexity index is 613. The van der Waals surface area contributed by atoms with Crippen molar-refractivity contribution >= 4 is 11.6 Å². The molecule has 0 spiro atoms. The van der Waals surface area contributed by atoms with Crippen molar-refractivity contribution < 1.29 is 13.6 Å². The van der Waals surface area contributed by atoms with Crippen LogP contribution in [0.15, 0.2) is 48.5 Å². The minimum Gasteiger partial charge on any atom is -0.313 e. The van der Waals surface area contributed by atoms with Gasteiger partial charge >= 0.3 is 0 Å². The molecule has 0 saturated carbocycles. The van der Waals surface area contributed by atoms with E-state index in [2.05, 4.69) is 0 Å². The van der Waals surface area contributed by atoms with E-state index in [4.69, 9.17) is 0 Å². The summed E-state index contributed by atoms with van der Waals surface area (Å²) in [6.45, 7) is 2.48. The second-order valence-corrected chi connectivity index (χ2v) is 4.72. The number of hydrogen-bond acceptors (Lipinski definition) is 1. The molecule has 1 amide bonds. The van der Waals surface area contributed by atoms with Gasteiger partial charge in [0.15, 0.2) is 11.6 Å². The summed E-state index contributed by atoms with van der Waals surface area (Å²) in [7, 11) is 0. The van der Waals surface area contributed by atoms with Crippen LogP contribution in [0.4, 0.5) is 14.5 Å². The zero-order chi connectivity index (χ0) is 15.2. The van der Waals surface area contributed by atoms with Gasteiger partial charge in [0.1, 0.15) is 0 Å². The fourth-order valence-electron chi connectivity index (χ4n) is 2.19. The third kappa shape index (κ3) is 3.88. The van der Waals surface area contributed by atoms with Crippen LogP contribution in [-0.4, -0.2) is 12.5 Å². The predicted octanol–water partition coefficient (Wildman–Crippen LogP) is 3.95. The van der Waals surface area contributed by atoms with Crippen molar-refractivity contribution in [3.63, 3.8) is 0 Å². The number of rotatable bonds is 5. The molecule has 0 bridgehead atoms. The van der Waals surface area contributed by atoms with Gasteiger partial charge in [-0.2, -0.15) is 0 Å². The smallest absolute Gasteiger partial charge is 0.227 e. The Morgan fingerprint density at radius 2 is 1.76 bits per heavy atom. The fourth-order valence-corrected chi connectivity index (χ4v) is 2.19. The number of para-hydroxylation sites is 1. The largest absolute Gasteiger partial charge is 0.313 e. The summed E-state index contributed by atoms with van der Waals surface area (Å²) >= 11 is 0. The van der Waals surface area contributed by atoms with Gasteiger partial charge in [0.05, 0.1) is 0 Å². The first-order valence-corrected chi connectivity index (χ1v) is 6.91. The van der Waals surface area contributed by atoms with Crippen LogP contribution in [0.3, 0.4) is 0 Å². The van der Waals surface area contributed by atoms with E-state index in [-0.39, 0.29) is 12.3 Å². The Hall–Kier alpha value is -2.23. The van der Waals surface area contributed by atoms with Crippen molar-refractivity contribution in [3.8, 4) is 0 Å². The Morgan fingerprint density at radius 3 is 2.38 bits per heavy atom. The van der Waals surface area contributed by atoms with Crippen LogP contribution in [0.2, 0.25) is 0 Å². The molecule has 4 heteroatoms. The van der Waals surface area contributed by atoms with Gasteiger partial charge < -0.3 is 4.90 Å². The molecule has 2 rings (SSSR count). The Balaban J connectivity index is 2.01. The Morgan fingerprint density at radius 1 is 1.05 bits per heavy atom. The lowest BCUT2D eigenvalue weighted by Gasteiger charge is -2.21. The second kappa shape index (κ2) is 6.97. The van der Waals surface area contributed by atoms with Crippen molar-refractivity contribution in [2.24, 2.45) is 0 Å². The SMILES string of the molecule is CCN(C(=O)CCc1ccc(F)c(F)c1)c1ccccc1. The fraction of sp³-hybridized carbons (Fsp3) is 0.235. The van der Waals surface area contributed by atoms with Crippen LogP contribution in [0, 0.1) is 11.6 Å². The summed E-state index contributed by atoms with van der Waals surface area (Å²) < 4.78 is 26.0. The van der Waals surface area contributed by atoms with Gasteiger partial charge in [-0.15, -0.1) is 0 Å². The molecule has 0 aliphatic rings. The van der Waals surface area contributed by atoms with Crippen molar-refractivity contribution in [1.29, 1.82) is 0 Å². The highest BCUT2D eigenvalue weighted by Gasteiger charge is 2.13. The van der Waals surface area contributed by atoms with Crippen LogP contribution in [0.1, 0.15) is 18.9 Å². The van der Waals surface area contributed by atoms with Crippen LogP contribution in [-0.2, 0) is 11.2 Å². The number of nitrogens with zero attached hydrogens (tertiary/aromatic N) is 1. The van der Waals surface area contributed by atoms with Gasteiger partial charge in [0.25, 0.3) is 0 Å². The van der Waals surface area contributed by atoms with Crippen LogP contribution in [0.25, 0.3) is 0 Å². The number of carbonyl (C=O) groups is 1. The number of halogens is 2. The van der Waals surface area contributed by atoms with Gasteiger partial charge in [0, 0.05) is 18.7 Å². The maximum atomic E-state index is 13.1. The molecule has 0 aliphatic carbocycles. The molecule has 0 radical (unpaired) electrons. The van der Waals surface area contributed by atoms with Gasteiger partial charge in [-0.3, -0.25) is 4.79 Å². The minimum absolute atomic E-state index is 0.0339. The number of anilines is 1. The zero-order valence-corrected chi connectivity index (χ0v) is 11.9. The summed E-state index contributed by atoms with van der Waals surface area (Å²) in [5, 5.41) is 0. The van der Waals surface area contributed by atoms with Crippen LogP contribution >= 0.6 is 0 Å². The first-order valence-electron chi connectivity index (χ1n) is 6.91. The summed E-state index contributed by atoms with van der Waals surface area (Å²) in [5.74, 6) is -1.78. The van der Waals surface area contributed by atoms with E-state index in [1.807, 2.05) is 37.3 Å². The molecular formula is C17H17F2NO. The molecule has 2 nitrogen and oxygen atoms in total. The quantitative estimate of drug-likeness (QED) is 0.816. The first-order chi connectivity index (χ1) is 10.1. The molecule has 0 unspecified atom stereocenters. The van der Waals surface area contributed by atoms with Gasteiger partial charge in [-0.1, -0.05) is 24.3 Å². The van der Waals surface area contributed by atoms with Crippen LogP contribution in [0.5, 0.6) is 0 Å². The molecule has 110 valence electrons. The van der Waals surface area contributed by atoms with Crippen molar-refractivity contribution in [1.82, 2.24) is 0 Å². The highest BCUT2D eigenvalue weighted by Crippen LogP contribution is 2.16. The molecule has 0 fully saturated rings. The third-order valence-electron chi connectivity index (χ3n) is 3.30. The molecule has 2 aromatic carbocycles. The van der Waals surface area contributed by atoms with E-state index < -0.39 is 11.6 Å². The maximum absolute atomic E-state index is 13.1. The number of benzene rings is 2. The minimum atomic E-state index is -0.879. The molecule has 0 heterocycles. The van der Waals surface area contributed by atoms with Gasteiger partial charge in [-0.05, 0) is 43.2 Å². The summed E-state index contributed by atoms with van der Waals surface area (Å²) in [6.07, 6.45) is 0.646. The molecule has 0 atom stereocenters. The van der Waals surface area contributed by atoms with Crippen LogP contribution < -0.4 is 4.90 Å². The second-order valence-electron chi connectivity index (χ2n) is 4.72. The molecule has 21 heavy (non-hydrogen) atoms. The Kier molecular flexibility index (Phi) is 5.04. The van der Waals surface area contributed by atoms with E-state index in [1.54, 1.807) is 4.90 Å². The molecule has 2 aromatic rings. The summed E-state index contributed by atoms with van der Waals surface area (Å²) in [4.78, 5) is 13.9. The summed E-state index contributed by atoms with van der Waals surface area (Å²) in [5.41, 5.74) is 1.46. The van der Waals surface area contributed by atoms with E-state index in [0.717, 1.165) is 17.8 Å². The van der Waals surface area contributed by atoms with Crippen molar-refractivity contribution in [2.75, 3.05) is 11.4 Å². The topological polar surface area (TPSA) is 20.3 Å². The zero-order valence-electron chi connectivity index (χ0n) is 11.9. The summed E-state index contributed by atoms with van der Waals surface area (Å²) in [6, 6.07) is 13.1. The lowest BCUT2D eigenvalue weighted by atomic mass is 10.1. The molecule has 0 saturated heterocycles. The standard InChI is InChI=1S/C17H17F2NO/c1-2-20(14-6-4-3-5-7-14)17(21)11-9-13-8-10-15(18)16(19)12-13/h3-8,10,12H,2,9,11H2,1H3. The van der Waals surface area contributed by atoms with E-state index in [9.17, 15) is 13.6 Å². The van der Waals surface area contributed by atoms with E-state index in [1.165, 1.54) is 6.07 Å². The predicted molar refractivity (Wildman–Crippen MR) is 79.1 cm³/mol. The first kappa shape index (κ1) is 15.2. The van der Waals surface area contributed by atoms with E-state index in [0.29, 0.717) is 18.5 Å². The van der Waals surface area contributed by atoms with Gasteiger partial charge in [0.2, 0.25) is 5.91 Å². The van der Waals surface area contributed by atoms with E-state index >= 15 is 0 Å². The Labute approximate surface area is 123 Å². The molecule has 0 N–H and O–H groups in total.